The molecular formula is C26H25NO5. The minimum atomic E-state index is -1.14. The molecule has 3 aromatic carbocycles. The second-order valence-corrected chi connectivity index (χ2v) is 7.03. The molecule has 3 aromatic rings. The average molecular weight is 431 g/mol. The molecule has 1 N–H and O–H groups in total. The Balaban J connectivity index is 1.80. The lowest BCUT2D eigenvalue weighted by atomic mass is 10.1. The van der Waals surface area contributed by atoms with Crippen LogP contribution in [0.2, 0.25) is 0 Å². The normalized spacial score (nSPS) is 11.6. The van der Waals surface area contributed by atoms with Gasteiger partial charge >= 0.3 is 5.97 Å². The molecule has 0 fully saturated rings. The molecule has 164 valence electrons. The Hall–Kier alpha value is -4.06. The van der Waals surface area contributed by atoms with Gasteiger partial charge in [-0.05, 0) is 48.4 Å². The molecule has 1 amide bonds. The van der Waals surface area contributed by atoms with E-state index < -0.39 is 18.0 Å². The maximum absolute atomic E-state index is 13.1. The smallest absolute Gasteiger partial charge is 0.331 e. The molecule has 32 heavy (non-hydrogen) atoms. The molecule has 0 aliphatic heterocycles. The van der Waals surface area contributed by atoms with Crippen LogP contribution >= 0.6 is 0 Å². The molecule has 6 heteroatoms. The van der Waals surface area contributed by atoms with E-state index in [0.29, 0.717) is 22.7 Å². The van der Waals surface area contributed by atoms with Crippen LogP contribution in [-0.4, -0.2) is 26.1 Å². The van der Waals surface area contributed by atoms with E-state index in [4.69, 9.17) is 14.2 Å². The van der Waals surface area contributed by atoms with Gasteiger partial charge < -0.3 is 19.5 Å². The molecule has 0 saturated carbocycles. The van der Waals surface area contributed by atoms with Crippen LogP contribution in [0.5, 0.6) is 11.5 Å². The van der Waals surface area contributed by atoms with Gasteiger partial charge in [-0.25, -0.2) is 4.79 Å². The summed E-state index contributed by atoms with van der Waals surface area (Å²) >= 11 is 0. The fourth-order valence-corrected chi connectivity index (χ4v) is 3.08. The largest absolute Gasteiger partial charge is 0.497 e. The Kier molecular flexibility index (Phi) is 7.65. The van der Waals surface area contributed by atoms with Gasteiger partial charge in [0.25, 0.3) is 5.91 Å². The summed E-state index contributed by atoms with van der Waals surface area (Å²) in [4.78, 5) is 25.6. The van der Waals surface area contributed by atoms with Crippen LogP contribution in [0.1, 0.15) is 22.8 Å². The van der Waals surface area contributed by atoms with Crippen LogP contribution in [0.15, 0.2) is 78.9 Å². The lowest BCUT2D eigenvalue weighted by Crippen LogP contribution is -2.25. The molecule has 0 saturated heterocycles. The van der Waals surface area contributed by atoms with Gasteiger partial charge in [0, 0.05) is 11.6 Å². The molecule has 0 spiro atoms. The van der Waals surface area contributed by atoms with Gasteiger partial charge in [0.1, 0.15) is 11.5 Å². The van der Waals surface area contributed by atoms with Crippen molar-refractivity contribution in [1.29, 1.82) is 0 Å². The highest BCUT2D eigenvalue weighted by Gasteiger charge is 2.25. The number of methoxy groups -OCH3 is 2. The van der Waals surface area contributed by atoms with Gasteiger partial charge in [0.05, 0.1) is 19.9 Å². The number of ether oxygens (including phenoxy) is 3. The number of carbonyl (C=O) groups excluding carboxylic acids is 2. The van der Waals surface area contributed by atoms with Gasteiger partial charge in [-0.2, -0.15) is 0 Å². The molecule has 1 atom stereocenters. The Labute approximate surface area is 187 Å². The lowest BCUT2D eigenvalue weighted by molar-refractivity contribution is -0.149. The van der Waals surface area contributed by atoms with Gasteiger partial charge in [0.15, 0.2) is 0 Å². The van der Waals surface area contributed by atoms with Crippen molar-refractivity contribution in [3.05, 3.63) is 95.6 Å². The SMILES string of the molecule is COc1cccc(/C=C/C(=O)OC(C(=O)Nc2cc(C)ccc2OC)c2ccccc2)c1. The highest BCUT2D eigenvalue weighted by Crippen LogP contribution is 2.28. The minimum Gasteiger partial charge on any atom is -0.497 e. The summed E-state index contributed by atoms with van der Waals surface area (Å²) in [5, 5.41) is 2.81. The number of nitrogens with one attached hydrogen (secondary N) is 1. The van der Waals surface area contributed by atoms with E-state index in [1.807, 2.05) is 37.3 Å². The van der Waals surface area contributed by atoms with Gasteiger partial charge in [-0.3, -0.25) is 4.79 Å². The molecule has 0 heterocycles. The molecule has 0 aliphatic carbocycles. The number of esters is 1. The number of hydrogen-bond donors (Lipinski definition) is 1. The van der Waals surface area contributed by atoms with Crippen molar-refractivity contribution in [2.45, 2.75) is 13.0 Å². The summed E-state index contributed by atoms with van der Waals surface area (Å²) in [6.45, 7) is 1.91. The summed E-state index contributed by atoms with van der Waals surface area (Å²) < 4.78 is 16.1. The summed E-state index contributed by atoms with van der Waals surface area (Å²) in [6.07, 6.45) is 1.75. The topological polar surface area (TPSA) is 73.9 Å². The zero-order chi connectivity index (χ0) is 22.9. The van der Waals surface area contributed by atoms with E-state index in [1.54, 1.807) is 55.7 Å². The molecule has 6 nitrogen and oxygen atoms in total. The quantitative estimate of drug-likeness (QED) is 0.404. The average Bonchev–Trinajstić information content (AvgIpc) is 2.82. The third-order valence-electron chi connectivity index (χ3n) is 4.69. The minimum absolute atomic E-state index is 0.483. The van der Waals surface area contributed by atoms with E-state index in [1.165, 1.54) is 13.2 Å². The van der Waals surface area contributed by atoms with Crippen LogP contribution in [0.4, 0.5) is 5.69 Å². The summed E-state index contributed by atoms with van der Waals surface area (Å²) in [7, 11) is 3.10. The maximum Gasteiger partial charge on any atom is 0.331 e. The van der Waals surface area contributed by atoms with Crippen molar-refractivity contribution >= 4 is 23.6 Å². The number of aryl methyl sites for hydroxylation is 1. The number of anilines is 1. The van der Waals surface area contributed by atoms with Crippen LogP contribution in [0.3, 0.4) is 0 Å². The number of amides is 1. The Morgan fingerprint density at radius 2 is 1.69 bits per heavy atom. The van der Waals surface area contributed by atoms with Crippen LogP contribution in [0, 0.1) is 6.92 Å². The molecule has 0 aliphatic rings. The first kappa shape index (κ1) is 22.6. The molecule has 3 rings (SSSR count). The van der Waals surface area contributed by atoms with Gasteiger partial charge in [-0.15, -0.1) is 0 Å². The second kappa shape index (κ2) is 10.8. The van der Waals surface area contributed by atoms with Crippen LogP contribution < -0.4 is 14.8 Å². The first-order chi connectivity index (χ1) is 15.5. The Bertz CT molecular complexity index is 1110. The highest BCUT2D eigenvalue weighted by molar-refractivity contribution is 5.98. The van der Waals surface area contributed by atoms with Crippen molar-refractivity contribution in [2.75, 3.05) is 19.5 Å². The Morgan fingerprint density at radius 1 is 0.906 bits per heavy atom. The predicted molar refractivity (Wildman–Crippen MR) is 124 cm³/mol. The van der Waals surface area contributed by atoms with Crippen molar-refractivity contribution in [1.82, 2.24) is 0 Å². The Morgan fingerprint density at radius 3 is 2.41 bits per heavy atom. The lowest BCUT2D eigenvalue weighted by Gasteiger charge is -2.18. The fourth-order valence-electron chi connectivity index (χ4n) is 3.08. The van der Waals surface area contributed by atoms with E-state index >= 15 is 0 Å². The molecule has 0 bridgehead atoms. The number of hydrogen-bond acceptors (Lipinski definition) is 5. The van der Waals surface area contributed by atoms with Crippen molar-refractivity contribution in [2.24, 2.45) is 0 Å². The van der Waals surface area contributed by atoms with E-state index in [-0.39, 0.29) is 0 Å². The van der Waals surface area contributed by atoms with E-state index in [2.05, 4.69) is 5.32 Å². The first-order valence-corrected chi connectivity index (χ1v) is 10.0. The van der Waals surface area contributed by atoms with Crippen molar-refractivity contribution < 1.29 is 23.8 Å². The van der Waals surface area contributed by atoms with Crippen LogP contribution in [-0.2, 0) is 14.3 Å². The summed E-state index contributed by atoms with van der Waals surface area (Å²) in [5.74, 6) is 0.0606. The fraction of sp³-hybridized carbons (Fsp3) is 0.154. The van der Waals surface area contributed by atoms with Crippen molar-refractivity contribution in [3.63, 3.8) is 0 Å². The monoisotopic (exact) mass is 431 g/mol. The first-order valence-electron chi connectivity index (χ1n) is 10.0. The third-order valence-corrected chi connectivity index (χ3v) is 4.69. The maximum atomic E-state index is 13.1. The zero-order valence-electron chi connectivity index (χ0n) is 18.2. The molecule has 0 aromatic heterocycles. The zero-order valence-corrected chi connectivity index (χ0v) is 18.2. The predicted octanol–water partition coefficient (Wildman–Crippen LogP) is 4.95. The van der Waals surface area contributed by atoms with Gasteiger partial charge in [0.2, 0.25) is 6.10 Å². The molecular weight excluding hydrogens is 406 g/mol. The van der Waals surface area contributed by atoms with E-state index in [9.17, 15) is 9.59 Å². The van der Waals surface area contributed by atoms with Crippen molar-refractivity contribution in [3.8, 4) is 11.5 Å². The highest BCUT2D eigenvalue weighted by atomic mass is 16.5. The summed E-state index contributed by atoms with van der Waals surface area (Å²) in [5.41, 5.74) is 2.78. The molecule has 0 radical (unpaired) electrons. The van der Waals surface area contributed by atoms with Gasteiger partial charge in [-0.1, -0.05) is 48.5 Å². The standard InChI is InChI=1S/C26H25NO5/c1-18-12-14-23(31-3)22(16-18)27-26(29)25(20-9-5-4-6-10-20)32-24(28)15-13-19-8-7-11-21(17-19)30-2/h4-17,25H,1-3H3,(H,27,29)/b15-13+. The van der Waals surface area contributed by atoms with E-state index in [0.717, 1.165) is 11.1 Å². The number of carbonyl (C=O) groups is 2. The third kappa shape index (κ3) is 5.98. The number of benzene rings is 3. The number of rotatable bonds is 8. The summed E-state index contributed by atoms with van der Waals surface area (Å²) in [6, 6.07) is 21.5. The van der Waals surface area contributed by atoms with Crippen LogP contribution in [0.25, 0.3) is 6.08 Å². The second-order valence-electron chi connectivity index (χ2n) is 7.03. The molecule has 1 unspecified atom stereocenters.